The topological polar surface area (TPSA) is 59.0 Å². The van der Waals surface area contributed by atoms with Gasteiger partial charge < -0.3 is 19.5 Å². The molecule has 0 aromatic heterocycles. The van der Waals surface area contributed by atoms with E-state index < -0.39 is 6.29 Å². The average Bonchev–Trinajstić information content (AvgIpc) is 2.71. The Labute approximate surface area is 162 Å². The molecule has 1 N–H and O–H groups in total. The highest BCUT2D eigenvalue weighted by Gasteiger charge is 2.30. The minimum absolute atomic E-state index is 0.0330. The van der Waals surface area contributed by atoms with Gasteiger partial charge in [0.05, 0.1) is 13.2 Å². The van der Waals surface area contributed by atoms with Crippen LogP contribution in [0.5, 0.6) is 0 Å². The Morgan fingerprint density at radius 3 is 2.52 bits per heavy atom. The molecule has 1 aromatic rings. The fourth-order valence-electron chi connectivity index (χ4n) is 3.82. The highest BCUT2D eigenvalue weighted by atomic mass is 16.7. The molecule has 1 aliphatic carbocycles. The third kappa shape index (κ3) is 5.33. The summed E-state index contributed by atoms with van der Waals surface area (Å²) in [6, 6.07) is 7.97. The molecule has 3 rings (SSSR count). The van der Waals surface area contributed by atoms with Gasteiger partial charge in [0.2, 0.25) is 6.29 Å². The number of ether oxygens (including phenoxy) is 2. The lowest BCUT2D eigenvalue weighted by Crippen LogP contribution is -2.41. The van der Waals surface area contributed by atoms with Gasteiger partial charge in [0, 0.05) is 19.5 Å². The first kappa shape index (κ1) is 19.9. The van der Waals surface area contributed by atoms with Gasteiger partial charge in [-0.15, -0.1) is 0 Å². The first-order chi connectivity index (χ1) is 13.1. The summed E-state index contributed by atoms with van der Waals surface area (Å²) in [5, 5.41) is 9.12. The third-order valence-corrected chi connectivity index (χ3v) is 5.55. The molecule has 5 heteroatoms. The predicted molar refractivity (Wildman–Crippen MR) is 104 cm³/mol. The van der Waals surface area contributed by atoms with E-state index >= 15 is 0 Å². The third-order valence-electron chi connectivity index (χ3n) is 5.55. The zero-order valence-corrected chi connectivity index (χ0v) is 16.4. The van der Waals surface area contributed by atoms with Gasteiger partial charge in [-0.05, 0) is 36.0 Å². The summed E-state index contributed by atoms with van der Waals surface area (Å²) in [5.74, 6) is 0.621. The van der Waals surface area contributed by atoms with E-state index in [1.807, 2.05) is 42.3 Å². The summed E-state index contributed by atoms with van der Waals surface area (Å²) < 4.78 is 11.8. The van der Waals surface area contributed by atoms with Gasteiger partial charge in [-0.2, -0.15) is 0 Å². The Kier molecular flexibility index (Phi) is 6.91. The van der Waals surface area contributed by atoms with Crippen LogP contribution in [0, 0.1) is 5.92 Å². The highest BCUT2D eigenvalue weighted by Crippen LogP contribution is 2.27. The Bertz CT molecular complexity index is 649. The van der Waals surface area contributed by atoms with E-state index in [1.54, 1.807) is 0 Å². The normalized spacial score (nSPS) is 23.4. The standard InChI is InChI=1S/C22H31NO4/c1-16-12-20(22(25)23(2)19-6-4-3-5-7-19)27-21(13-16)26-15-18-10-8-17(14-24)9-11-18/h8-12,16,19,21,24H,3-7,13-15H2,1-2H3/t16-,21+/m1/s1. The molecule has 1 heterocycles. The van der Waals surface area contributed by atoms with Crippen LogP contribution in [0.2, 0.25) is 0 Å². The van der Waals surface area contributed by atoms with Crippen LogP contribution >= 0.6 is 0 Å². The molecule has 5 nitrogen and oxygen atoms in total. The first-order valence-electron chi connectivity index (χ1n) is 10.0. The quantitative estimate of drug-likeness (QED) is 0.825. The van der Waals surface area contributed by atoms with E-state index in [9.17, 15) is 4.79 Å². The van der Waals surface area contributed by atoms with Gasteiger partial charge in [-0.1, -0.05) is 50.5 Å². The SMILES string of the molecule is C[C@@H]1C=C(C(=O)N(C)C2CCCCC2)O[C@H](OCc2ccc(CO)cc2)C1. The van der Waals surface area contributed by atoms with Crippen LogP contribution in [0.1, 0.15) is 56.6 Å². The van der Waals surface area contributed by atoms with Gasteiger partial charge in [0.15, 0.2) is 5.76 Å². The van der Waals surface area contributed by atoms with Crippen molar-refractivity contribution in [3.8, 4) is 0 Å². The molecule has 1 aliphatic heterocycles. The summed E-state index contributed by atoms with van der Waals surface area (Å²) in [6.45, 7) is 2.54. The van der Waals surface area contributed by atoms with Crippen molar-refractivity contribution in [1.29, 1.82) is 0 Å². The molecule has 1 fully saturated rings. The van der Waals surface area contributed by atoms with Crippen molar-refractivity contribution in [1.82, 2.24) is 4.90 Å². The van der Waals surface area contributed by atoms with Crippen molar-refractivity contribution in [3.63, 3.8) is 0 Å². The van der Waals surface area contributed by atoms with Gasteiger partial charge in [0.1, 0.15) is 0 Å². The van der Waals surface area contributed by atoms with Crippen molar-refractivity contribution in [2.45, 2.75) is 71.0 Å². The number of allylic oxidation sites excluding steroid dienone is 1. The lowest BCUT2D eigenvalue weighted by atomic mass is 9.94. The molecule has 0 unspecified atom stereocenters. The Hall–Kier alpha value is -1.85. The molecule has 27 heavy (non-hydrogen) atoms. The van der Waals surface area contributed by atoms with Crippen LogP contribution in [0.15, 0.2) is 36.1 Å². The van der Waals surface area contributed by atoms with Crippen molar-refractivity contribution in [2.24, 2.45) is 5.92 Å². The molecule has 0 saturated heterocycles. The van der Waals surface area contributed by atoms with Crippen molar-refractivity contribution >= 4 is 5.91 Å². The largest absolute Gasteiger partial charge is 0.459 e. The van der Waals surface area contributed by atoms with Crippen molar-refractivity contribution in [2.75, 3.05) is 7.05 Å². The smallest absolute Gasteiger partial charge is 0.288 e. The molecular formula is C22H31NO4. The summed E-state index contributed by atoms with van der Waals surface area (Å²) in [5.41, 5.74) is 1.90. The number of hydrogen-bond donors (Lipinski definition) is 1. The number of amides is 1. The lowest BCUT2D eigenvalue weighted by Gasteiger charge is -2.34. The number of likely N-dealkylation sites (N-methyl/N-ethyl adjacent to an activating group) is 1. The molecule has 0 radical (unpaired) electrons. The summed E-state index contributed by atoms with van der Waals surface area (Å²) >= 11 is 0. The molecule has 1 aromatic carbocycles. The zero-order chi connectivity index (χ0) is 19.2. The van der Waals surface area contributed by atoms with Gasteiger partial charge in [-0.25, -0.2) is 0 Å². The second kappa shape index (κ2) is 9.38. The monoisotopic (exact) mass is 373 g/mol. The van der Waals surface area contributed by atoms with Crippen molar-refractivity contribution in [3.05, 3.63) is 47.2 Å². The van der Waals surface area contributed by atoms with Crippen LogP contribution in [0.25, 0.3) is 0 Å². The van der Waals surface area contributed by atoms with E-state index in [0.717, 1.165) is 30.4 Å². The van der Waals surface area contributed by atoms with Crippen LogP contribution in [-0.4, -0.2) is 35.3 Å². The van der Waals surface area contributed by atoms with E-state index in [-0.39, 0.29) is 18.4 Å². The minimum Gasteiger partial charge on any atom is -0.459 e. The maximum Gasteiger partial charge on any atom is 0.288 e. The number of benzene rings is 1. The van der Waals surface area contributed by atoms with Crippen LogP contribution in [0.3, 0.4) is 0 Å². The summed E-state index contributed by atoms with van der Waals surface area (Å²) in [6.07, 6.45) is 8.06. The van der Waals surface area contributed by atoms with Crippen LogP contribution in [0.4, 0.5) is 0 Å². The molecule has 2 aliphatic rings. The number of aliphatic hydroxyl groups is 1. The Morgan fingerprint density at radius 2 is 1.85 bits per heavy atom. The molecule has 0 spiro atoms. The lowest BCUT2D eigenvalue weighted by molar-refractivity contribution is -0.158. The van der Waals surface area contributed by atoms with E-state index in [0.29, 0.717) is 18.4 Å². The first-order valence-corrected chi connectivity index (χ1v) is 10.0. The highest BCUT2D eigenvalue weighted by molar-refractivity contribution is 5.91. The number of rotatable bonds is 6. The summed E-state index contributed by atoms with van der Waals surface area (Å²) in [4.78, 5) is 14.7. The number of nitrogens with zero attached hydrogens (tertiary/aromatic N) is 1. The molecule has 148 valence electrons. The Balaban J connectivity index is 1.56. The number of carbonyl (C=O) groups is 1. The average molecular weight is 373 g/mol. The predicted octanol–water partition coefficient (Wildman–Crippen LogP) is 3.75. The number of carbonyl (C=O) groups excluding carboxylic acids is 1. The van der Waals surface area contributed by atoms with Crippen LogP contribution in [-0.2, 0) is 27.5 Å². The number of hydrogen-bond acceptors (Lipinski definition) is 4. The molecular weight excluding hydrogens is 342 g/mol. The fraction of sp³-hybridized carbons (Fsp3) is 0.591. The van der Waals surface area contributed by atoms with Gasteiger partial charge >= 0.3 is 0 Å². The zero-order valence-electron chi connectivity index (χ0n) is 16.4. The van der Waals surface area contributed by atoms with E-state index in [2.05, 4.69) is 6.92 Å². The molecule has 0 bridgehead atoms. The maximum atomic E-state index is 12.9. The van der Waals surface area contributed by atoms with E-state index in [1.165, 1.54) is 19.3 Å². The number of aliphatic hydroxyl groups excluding tert-OH is 1. The molecule has 1 amide bonds. The Morgan fingerprint density at radius 1 is 1.19 bits per heavy atom. The van der Waals surface area contributed by atoms with E-state index in [4.69, 9.17) is 14.6 Å². The second-order valence-corrected chi connectivity index (χ2v) is 7.78. The minimum atomic E-state index is -0.416. The van der Waals surface area contributed by atoms with Gasteiger partial charge in [-0.3, -0.25) is 4.79 Å². The molecule has 1 saturated carbocycles. The fourth-order valence-corrected chi connectivity index (χ4v) is 3.82. The summed E-state index contributed by atoms with van der Waals surface area (Å²) in [7, 11) is 1.89. The maximum absolute atomic E-state index is 12.9. The molecule has 2 atom stereocenters. The van der Waals surface area contributed by atoms with Crippen LogP contribution < -0.4 is 0 Å². The second-order valence-electron chi connectivity index (χ2n) is 7.78. The van der Waals surface area contributed by atoms with Gasteiger partial charge in [0.25, 0.3) is 5.91 Å². The van der Waals surface area contributed by atoms with Crippen molar-refractivity contribution < 1.29 is 19.4 Å².